The molecule has 0 unspecified atom stereocenters. The molecule has 0 saturated heterocycles. The molecule has 2 N–H and O–H groups in total. The number of rotatable bonds is 2. The van der Waals surface area contributed by atoms with E-state index in [9.17, 15) is 4.79 Å². The highest BCUT2D eigenvalue weighted by atomic mass is 16.5. The Morgan fingerprint density at radius 3 is 3.00 bits per heavy atom. The molecular weight excluding hydrogens is 184 g/mol. The Morgan fingerprint density at radius 1 is 1.57 bits per heavy atom. The van der Waals surface area contributed by atoms with Gasteiger partial charge < -0.3 is 9.84 Å². The number of nitrogens with one attached hydrogen (secondary N) is 1. The van der Waals surface area contributed by atoms with Crippen molar-refractivity contribution in [2.75, 3.05) is 7.11 Å². The monoisotopic (exact) mass is 192 g/mol. The summed E-state index contributed by atoms with van der Waals surface area (Å²) in [4.78, 5) is 11.0. The van der Waals surface area contributed by atoms with Gasteiger partial charge in [0.15, 0.2) is 0 Å². The van der Waals surface area contributed by atoms with Crippen molar-refractivity contribution in [1.29, 1.82) is 0 Å². The molecule has 0 atom stereocenters. The molecule has 0 aliphatic heterocycles. The Morgan fingerprint density at radius 2 is 2.36 bits per heavy atom. The summed E-state index contributed by atoms with van der Waals surface area (Å²) in [5, 5.41) is 16.2. The third-order valence-electron chi connectivity index (χ3n) is 2.00. The second kappa shape index (κ2) is 3.02. The first-order valence-electron chi connectivity index (χ1n) is 3.98. The summed E-state index contributed by atoms with van der Waals surface area (Å²) in [6, 6.07) is 3.37. The summed E-state index contributed by atoms with van der Waals surface area (Å²) in [6.07, 6.45) is 1.64. The first-order chi connectivity index (χ1) is 6.74. The van der Waals surface area contributed by atoms with Crippen molar-refractivity contribution in [2.24, 2.45) is 0 Å². The van der Waals surface area contributed by atoms with E-state index in [2.05, 4.69) is 10.2 Å². The molecule has 2 aromatic rings. The Kier molecular flexibility index (Phi) is 1.85. The molecule has 0 spiro atoms. The fraction of sp³-hybridized carbons (Fsp3) is 0.111. The SMILES string of the molecule is COc1ccc2c[nH]nc2c1C(=O)O. The Hall–Kier alpha value is -2.04. The number of H-pyrrole nitrogens is 1. The minimum atomic E-state index is -1.04. The number of hydrogen-bond donors (Lipinski definition) is 2. The highest BCUT2D eigenvalue weighted by Crippen LogP contribution is 2.25. The number of methoxy groups -OCH3 is 1. The van der Waals surface area contributed by atoms with Crippen LogP contribution in [0.15, 0.2) is 18.3 Å². The van der Waals surface area contributed by atoms with Crippen LogP contribution in [0.1, 0.15) is 10.4 Å². The van der Waals surface area contributed by atoms with Crippen molar-refractivity contribution in [1.82, 2.24) is 10.2 Å². The topological polar surface area (TPSA) is 75.2 Å². The van der Waals surface area contributed by atoms with Gasteiger partial charge in [-0.15, -0.1) is 0 Å². The van der Waals surface area contributed by atoms with E-state index < -0.39 is 5.97 Å². The first kappa shape index (κ1) is 8.55. The molecule has 5 nitrogen and oxygen atoms in total. The minimum Gasteiger partial charge on any atom is -0.496 e. The van der Waals surface area contributed by atoms with Crippen LogP contribution in [0, 0.1) is 0 Å². The van der Waals surface area contributed by atoms with E-state index in [4.69, 9.17) is 9.84 Å². The lowest BCUT2D eigenvalue weighted by Gasteiger charge is -2.03. The molecular formula is C9H8N2O3. The zero-order valence-electron chi connectivity index (χ0n) is 7.44. The zero-order valence-corrected chi connectivity index (χ0v) is 7.44. The van der Waals surface area contributed by atoms with Gasteiger partial charge in [0.05, 0.1) is 7.11 Å². The maximum Gasteiger partial charge on any atom is 0.341 e. The van der Waals surface area contributed by atoms with Crippen LogP contribution in [0.2, 0.25) is 0 Å². The average molecular weight is 192 g/mol. The Labute approximate surface area is 79.3 Å². The van der Waals surface area contributed by atoms with Crippen molar-refractivity contribution in [3.8, 4) is 5.75 Å². The molecule has 1 aromatic carbocycles. The van der Waals surface area contributed by atoms with E-state index in [1.807, 2.05) is 0 Å². The number of aromatic carboxylic acids is 1. The molecule has 0 bridgehead atoms. The molecule has 0 aliphatic rings. The van der Waals surface area contributed by atoms with E-state index >= 15 is 0 Å². The number of benzene rings is 1. The summed E-state index contributed by atoms with van der Waals surface area (Å²) in [5.41, 5.74) is 0.503. The van der Waals surface area contributed by atoms with Gasteiger partial charge in [0.25, 0.3) is 0 Å². The molecule has 0 fully saturated rings. The predicted molar refractivity (Wildman–Crippen MR) is 49.6 cm³/mol. The van der Waals surface area contributed by atoms with Crippen molar-refractivity contribution in [2.45, 2.75) is 0 Å². The van der Waals surface area contributed by atoms with Gasteiger partial charge in [-0.05, 0) is 12.1 Å². The number of aromatic amines is 1. The maximum absolute atomic E-state index is 11.0. The smallest absolute Gasteiger partial charge is 0.341 e. The first-order valence-corrected chi connectivity index (χ1v) is 3.98. The Bertz CT molecular complexity index is 490. The molecule has 0 saturated carbocycles. The summed E-state index contributed by atoms with van der Waals surface area (Å²) in [6.45, 7) is 0. The standard InChI is InChI=1S/C9H8N2O3/c1-14-6-3-2-5-4-10-11-8(5)7(6)9(12)13/h2-4H,1H3,(H,10,11)(H,12,13). The number of carbonyl (C=O) groups is 1. The lowest BCUT2D eigenvalue weighted by Crippen LogP contribution is -2.01. The fourth-order valence-corrected chi connectivity index (χ4v) is 1.37. The van der Waals surface area contributed by atoms with Crippen LogP contribution in [0.4, 0.5) is 0 Å². The normalized spacial score (nSPS) is 10.4. The third kappa shape index (κ3) is 1.10. The van der Waals surface area contributed by atoms with Crippen LogP contribution in [0.3, 0.4) is 0 Å². The second-order valence-corrected chi connectivity index (χ2v) is 2.77. The van der Waals surface area contributed by atoms with Gasteiger partial charge in [0, 0.05) is 11.6 Å². The number of carboxylic acids is 1. The minimum absolute atomic E-state index is 0.0891. The highest BCUT2D eigenvalue weighted by molar-refractivity contribution is 6.04. The van der Waals surface area contributed by atoms with Gasteiger partial charge in [-0.2, -0.15) is 5.10 Å². The summed E-state index contributed by atoms with van der Waals surface area (Å²) in [7, 11) is 1.43. The number of fused-ring (bicyclic) bond motifs is 1. The molecule has 0 aliphatic carbocycles. The van der Waals surface area contributed by atoms with Crippen LogP contribution in [-0.2, 0) is 0 Å². The molecule has 14 heavy (non-hydrogen) atoms. The van der Waals surface area contributed by atoms with Crippen LogP contribution in [-0.4, -0.2) is 28.4 Å². The van der Waals surface area contributed by atoms with Gasteiger partial charge in [0.1, 0.15) is 16.8 Å². The van der Waals surface area contributed by atoms with Crippen molar-refractivity contribution < 1.29 is 14.6 Å². The van der Waals surface area contributed by atoms with Gasteiger partial charge >= 0.3 is 5.97 Å². The van der Waals surface area contributed by atoms with E-state index in [1.54, 1.807) is 18.3 Å². The van der Waals surface area contributed by atoms with E-state index in [1.165, 1.54) is 7.11 Å². The molecule has 1 aromatic heterocycles. The summed E-state index contributed by atoms with van der Waals surface area (Å²) in [5.74, 6) is -0.725. The number of hydrogen-bond acceptors (Lipinski definition) is 3. The lowest BCUT2D eigenvalue weighted by atomic mass is 10.1. The Balaban J connectivity index is 2.82. The third-order valence-corrected chi connectivity index (χ3v) is 2.00. The molecule has 0 amide bonds. The quantitative estimate of drug-likeness (QED) is 0.751. The second-order valence-electron chi connectivity index (χ2n) is 2.77. The van der Waals surface area contributed by atoms with E-state index in [-0.39, 0.29) is 5.56 Å². The maximum atomic E-state index is 11.0. The molecule has 0 radical (unpaired) electrons. The van der Waals surface area contributed by atoms with Crippen molar-refractivity contribution in [3.05, 3.63) is 23.9 Å². The van der Waals surface area contributed by atoms with Crippen LogP contribution < -0.4 is 4.74 Å². The molecule has 72 valence electrons. The number of carboxylic acid groups (broad SMARTS) is 1. The van der Waals surface area contributed by atoms with Crippen molar-refractivity contribution in [3.63, 3.8) is 0 Å². The largest absolute Gasteiger partial charge is 0.496 e. The van der Waals surface area contributed by atoms with Gasteiger partial charge in [-0.3, -0.25) is 5.10 Å². The van der Waals surface area contributed by atoms with Gasteiger partial charge in [-0.1, -0.05) is 0 Å². The fourth-order valence-electron chi connectivity index (χ4n) is 1.37. The van der Waals surface area contributed by atoms with Gasteiger partial charge in [-0.25, -0.2) is 4.79 Å². The van der Waals surface area contributed by atoms with Crippen LogP contribution in [0.5, 0.6) is 5.75 Å². The number of nitrogens with zero attached hydrogens (tertiary/aromatic N) is 1. The highest BCUT2D eigenvalue weighted by Gasteiger charge is 2.16. The van der Waals surface area contributed by atoms with E-state index in [0.717, 1.165) is 5.39 Å². The predicted octanol–water partition coefficient (Wildman–Crippen LogP) is 1.27. The van der Waals surface area contributed by atoms with E-state index in [0.29, 0.717) is 11.3 Å². The lowest BCUT2D eigenvalue weighted by molar-refractivity contribution is 0.0695. The summed E-state index contributed by atoms with van der Waals surface area (Å²) >= 11 is 0. The van der Waals surface area contributed by atoms with Crippen LogP contribution in [0.25, 0.3) is 10.9 Å². The van der Waals surface area contributed by atoms with Crippen molar-refractivity contribution >= 4 is 16.9 Å². The summed E-state index contributed by atoms with van der Waals surface area (Å²) < 4.78 is 4.95. The van der Waals surface area contributed by atoms with Gasteiger partial charge in [0.2, 0.25) is 0 Å². The zero-order chi connectivity index (χ0) is 10.1. The number of aromatic nitrogens is 2. The molecule has 1 heterocycles. The molecule has 2 rings (SSSR count). The molecule has 5 heteroatoms. The average Bonchev–Trinajstić information content (AvgIpc) is 2.62. The van der Waals surface area contributed by atoms with Crippen LogP contribution >= 0.6 is 0 Å². The number of ether oxygens (including phenoxy) is 1.